The number of aryl methyl sites for hydroxylation is 1. The molecular weight excluding hydrogens is 352 g/mol. The molecule has 0 N–H and O–H groups in total. The van der Waals surface area contributed by atoms with Crippen LogP contribution < -0.4 is 0 Å². The first-order valence-electron chi connectivity index (χ1n) is 9.44. The van der Waals surface area contributed by atoms with Gasteiger partial charge in [-0.3, -0.25) is 4.79 Å². The highest BCUT2D eigenvalue weighted by Gasteiger charge is 2.13. The van der Waals surface area contributed by atoms with Gasteiger partial charge >= 0.3 is 5.97 Å². The van der Waals surface area contributed by atoms with E-state index in [0.717, 1.165) is 48.1 Å². The van der Waals surface area contributed by atoms with Gasteiger partial charge in [-0.15, -0.1) is 0 Å². The fraction of sp³-hybridized carbons (Fsp3) is 0.261. The number of aldehydes is 1. The molecule has 0 spiro atoms. The van der Waals surface area contributed by atoms with Gasteiger partial charge in [0.1, 0.15) is 11.5 Å². The molecule has 0 amide bonds. The van der Waals surface area contributed by atoms with E-state index in [0.29, 0.717) is 17.8 Å². The average molecular weight is 376 g/mol. The first-order valence-corrected chi connectivity index (χ1v) is 9.44. The van der Waals surface area contributed by atoms with Crippen molar-refractivity contribution in [3.8, 4) is 11.1 Å². The second-order valence-corrected chi connectivity index (χ2v) is 6.64. The van der Waals surface area contributed by atoms with Gasteiger partial charge in [0, 0.05) is 13.0 Å². The van der Waals surface area contributed by atoms with E-state index in [9.17, 15) is 9.59 Å². The molecule has 3 aromatic rings. The number of benzene rings is 2. The maximum absolute atomic E-state index is 12.0. The zero-order valence-electron chi connectivity index (χ0n) is 16.2. The number of rotatable bonds is 8. The molecule has 144 valence electrons. The summed E-state index contributed by atoms with van der Waals surface area (Å²) in [6, 6.07) is 15.4. The molecule has 1 heterocycles. The predicted molar refractivity (Wildman–Crippen MR) is 109 cm³/mol. The van der Waals surface area contributed by atoms with Crippen LogP contribution in [0.4, 0.5) is 0 Å². The molecule has 0 saturated heterocycles. The lowest BCUT2D eigenvalue weighted by Crippen LogP contribution is -2.08. The third kappa shape index (κ3) is 4.19. The third-order valence-corrected chi connectivity index (χ3v) is 4.78. The zero-order valence-corrected chi connectivity index (χ0v) is 16.2. The molecule has 0 unspecified atom stereocenters. The van der Waals surface area contributed by atoms with Crippen LogP contribution in [0.5, 0.6) is 0 Å². The van der Waals surface area contributed by atoms with Gasteiger partial charge in [-0.1, -0.05) is 55.8 Å². The molecule has 3 rings (SSSR count). The van der Waals surface area contributed by atoms with Crippen molar-refractivity contribution in [2.75, 3.05) is 7.11 Å². The van der Waals surface area contributed by atoms with Crippen LogP contribution in [-0.4, -0.2) is 28.9 Å². The summed E-state index contributed by atoms with van der Waals surface area (Å²) < 4.78 is 6.85. The minimum Gasteiger partial charge on any atom is -0.465 e. The lowest BCUT2D eigenvalue weighted by Gasteiger charge is -2.11. The van der Waals surface area contributed by atoms with Gasteiger partial charge in [0.25, 0.3) is 0 Å². The number of unbranched alkanes of at least 4 members (excludes halogenated alkanes) is 1. The van der Waals surface area contributed by atoms with Crippen molar-refractivity contribution in [3.05, 3.63) is 77.4 Å². The van der Waals surface area contributed by atoms with Gasteiger partial charge < -0.3 is 9.30 Å². The molecule has 0 radical (unpaired) electrons. The zero-order chi connectivity index (χ0) is 19.9. The van der Waals surface area contributed by atoms with Gasteiger partial charge in [-0.05, 0) is 29.2 Å². The third-order valence-electron chi connectivity index (χ3n) is 4.78. The number of methoxy groups -OCH3 is 1. The molecule has 0 bridgehead atoms. The van der Waals surface area contributed by atoms with E-state index in [1.54, 1.807) is 12.3 Å². The molecule has 0 aliphatic heterocycles. The Morgan fingerprint density at radius 2 is 1.89 bits per heavy atom. The Morgan fingerprint density at radius 3 is 2.57 bits per heavy atom. The van der Waals surface area contributed by atoms with Crippen LogP contribution in [0.3, 0.4) is 0 Å². The quantitative estimate of drug-likeness (QED) is 0.428. The maximum atomic E-state index is 12.0. The van der Waals surface area contributed by atoms with E-state index in [4.69, 9.17) is 4.74 Å². The molecular formula is C23H24N2O3. The largest absolute Gasteiger partial charge is 0.465 e. The smallest absolute Gasteiger partial charge is 0.338 e. The monoisotopic (exact) mass is 376 g/mol. The Kier molecular flexibility index (Phi) is 6.37. The van der Waals surface area contributed by atoms with Gasteiger partial charge in [0.15, 0.2) is 6.29 Å². The molecule has 0 aliphatic carbocycles. The van der Waals surface area contributed by atoms with Crippen LogP contribution in [0.25, 0.3) is 11.1 Å². The summed E-state index contributed by atoms with van der Waals surface area (Å²) in [6.45, 7) is 2.73. The first-order chi connectivity index (χ1) is 13.7. The maximum Gasteiger partial charge on any atom is 0.338 e. The Hall–Kier alpha value is -3.21. The lowest BCUT2D eigenvalue weighted by molar-refractivity contribution is 0.0601. The van der Waals surface area contributed by atoms with E-state index < -0.39 is 0 Å². The van der Waals surface area contributed by atoms with Gasteiger partial charge in [-0.25, -0.2) is 9.78 Å². The van der Waals surface area contributed by atoms with Crippen molar-refractivity contribution in [2.24, 2.45) is 0 Å². The molecule has 0 fully saturated rings. The van der Waals surface area contributed by atoms with Crippen LogP contribution >= 0.6 is 0 Å². The number of aromatic nitrogens is 2. The number of nitrogens with zero attached hydrogens (tertiary/aromatic N) is 2. The fourth-order valence-electron chi connectivity index (χ4n) is 3.24. The molecule has 0 atom stereocenters. The number of carbonyl (C=O) groups is 2. The predicted octanol–water partition coefficient (Wildman–Crippen LogP) is 4.54. The van der Waals surface area contributed by atoms with Gasteiger partial charge in [0.05, 0.1) is 18.9 Å². The van der Waals surface area contributed by atoms with E-state index in [1.165, 1.54) is 7.11 Å². The van der Waals surface area contributed by atoms with E-state index in [-0.39, 0.29) is 5.97 Å². The number of ether oxygens (including phenoxy) is 1. The summed E-state index contributed by atoms with van der Waals surface area (Å²) in [4.78, 5) is 27.8. The highest BCUT2D eigenvalue weighted by Crippen LogP contribution is 2.25. The number of carbonyl (C=O) groups excluding carboxylic acids is 2. The molecule has 5 heteroatoms. The summed E-state index contributed by atoms with van der Waals surface area (Å²) in [5.74, 6) is 0.582. The standard InChI is InChI=1S/C23H24N2O3/c1-3-4-9-22-24-14-19(16-26)25(22)15-17-10-12-18(13-11-17)20-7-5-6-8-21(20)23(27)28-2/h5-8,10-14,16H,3-4,9,15H2,1-2H3. The van der Waals surface area contributed by atoms with E-state index in [1.807, 2.05) is 47.0 Å². The van der Waals surface area contributed by atoms with Crippen LogP contribution in [0.1, 0.15) is 52.0 Å². The highest BCUT2D eigenvalue weighted by atomic mass is 16.5. The van der Waals surface area contributed by atoms with Gasteiger partial charge in [-0.2, -0.15) is 0 Å². The van der Waals surface area contributed by atoms with Crippen molar-refractivity contribution >= 4 is 12.3 Å². The van der Waals surface area contributed by atoms with Crippen LogP contribution in [0.15, 0.2) is 54.7 Å². The highest BCUT2D eigenvalue weighted by molar-refractivity contribution is 5.97. The number of hydrogen-bond donors (Lipinski definition) is 0. The second-order valence-electron chi connectivity index (χ2n) is 6.64. The molecule has 1 aromatic heterocycles. The number of hydrogen-bond acceptors (Lipinski definition) is 4. The summed E-state index contributed by atoms with van der Waals surface area (Å²) >= 11 is 0. The Morgan fingerprint density at radius 1 is 1.14 bits per heavy atom. The van der Waals surface area contributed by atoms with Crippen molar-refractivity contribution in [2.45, 2.75) is 32.7 Å². The van der Waals surface area contributed by atoms with Crippen LogP contribution in [0.2, 0.25) is 0 Å². The Labute approximate surface area is 165 Å². The summed E-state index contributed by atoms with van der Waals surface area (Å²) in [7, 11) is 1.38. The topological polar surface area (TPSA) is 61.2 Å². The number of imidazole rings is 1. The molecule has 0 saturated carbocycles. The molecule has 2 aromatic carbocycles. The van der Waals surface area contributed by atoms with Crippen molar-refractivity contribution < 1.29 is 14.3 Å². The van der Waals surface area contributed by atoms with Crippen molar-refractivity contribution in [3.63, 3.8) is 0 Å². The molecule has 5 nitrogen and oxygen atoms in total. The number of esters is 1. The lowest BCUT2D eigenvalue weighted by atomic mass is 9.98. The summed E-state index contributed by atoms with van der Waals surface area (Å²) in [6.07, 6.45) is 5.47. The fourth-order valence-corrected chi connectivity index (χ4v) is 3.24. The van der Waals surface area contributed by atoms with E-state index in [2.05, 4.69) is 11.9 Å². The molecule has 0 aliphatic rings. The van der Waals surface area contributed by atoms with Crippen molar-refractivity contribution in [1.82, 2.24) is 9.55 Å². The average Bonchev–Trinajstić information content (AvgIpc) is 3.13. The summed E-state index contributed by atoms with van der Waals surface area (Å²) in [5.41, 5.74) is 3.97. The van der Waals surface area contributed by atoms with Gasteiger partial charge in [0.2, 0.25) is 0 Å². The first kappa shape index (κ1) is 19.5. The minimum atomic E-state index is -0.353. The van der Waals surface area contributed by atoms with Crippen LogP contribution in [0, 0.1) is 0 Å². The van der Waals surface area contributed by atoms with Crippen LogP contribution in [-0.2, 0) is 17.7 Å². The second kappa shape index (κ2) is 9.13. The minimum absolute atomic E-state index is 0.353. The normalized spacial score (nSPS) is 10.6. The summed E-state index contributed by atoms with van der Waals surface area (Å²) in [5, 5.41) is 0. The van der Waals surface area contributed by atoms with Crippen molar-refractivity contribution in [1.29, 1.82) is 0 Å². The Bertz CT molecular complexity index is 958. The Balaban J connectivity index is 1.86. The SMILES string of the molecule is CCCCc1ncc(C=O)n1Cc1ccc(-c2ccccc2C(=O)OC)cc1. The molecule has 28 heavy (non-hydrogen) atoms. The van der Waals surface area contributed by atoms with E-state index >= 15 is 0 Å².